The van der Waals surface area contributed by atoms with E-state index in [0.717, 1.165) is 11.6 Å². The zero-order chi connectivity index (χ0) is 13.9. The van der Waals surface area contributed by atoms with Crippen LogP contribution in [0.2, 0.25) is 0 Å². The fourth-order valence-electron chi connectivity index (χ4n) is 1.73. The monoisotopic (exact) mass is 288 g/mol. The second kappa shape index (κ2) is 5.64. The molecule has 0 saturated heterocycles. The number of rotatable bonds is 5. The first-order valence-electron chi connectivity index (χ1n) is 6.45. The number of pyridine rings is 1. The molecule has 2 aromatic heterocycles. The van der Waals surface area contributed by atoms with Crippen molar-refractivity contribution in [2.45, 2.75) is 35.6 Å². The summed E-state index contributed by atoms with van der Waals surface area (Å²) in [4.78, 5) is 12.6. The summed E-state index contributed by atoms with van der Waals surface area (Å²) in [5, 5.41) is 4.79. The highest BCUT2D eigenvalue weighted by Crippen LogP contribution is 2.24. The van der Waals surface area contributed by atoms with E-state index < -0.39 is 0 Å². The smallest absolute Gasteiger partial charge is 0.197 e. The number of hydrogen-bond acceptors (Lipinski definition) is 7. The zero-order valence-corrected chi connectivity index (χ0v) is 11.7. The highest BCUT2D eigenvalue weighted by Gasteiger charge is 2.19. The topological polar surface area (TPSA) is 103 Å². The molecule has 1 fully saturated rings. The first-order valence-corrected chi connectivity index (χ1v) is 7.27. The lowest BCUT2D eigenvalue weighted by molar-refractivity contribution is 0.685. The Labute approximate surface area is 121 Å². The molecule has 2 heterocycles. The fourth-order valence-corrected chi connectivity index (χ4v) is 2.46. The minimum absolute atomic E-state index is 0.366. The van der Waals surface area contributed by atoms with E-state index >= 15 is 0 Å². The van der Waals surface area contributed by atoms with E-state index in [1.54, 1.807) is 0 Å². The van der Waals surface area contributed by atoms with Gasteiger partial charge in [-0.05, 0) is 36.2 Å². The van der Waals surface area contributed by atoms with Gasteiger partial charge in [-0.3, -0.25) is 0 Å². The van der Waals surface area contributed by atoms with Crippen molar-refractivity contribution >= 4 is 23.4 Å². The van der Waals surface area contributed by atoms with Gasteiger partial charge in [-0.2, -0.15) is 0 Å². The molecule has 0 amide bonds. The third-order valence-corrected chi connectivity index (χ3v) is 3.73. The Morgan fingerprint density at radius 2 is 1.95 bits per heavy atom. The Morgan fingerprint density at radius 3 is 2.55 bits per heavy atom. The predicted octanol–water partition coefficient (Wildman–Crippen LogP) is 1.44. The van der Waals surface area contributed by atoms with Gasteiger partial charge in [0.1, 0.15) is 16.7 Å². The van der Waals surface area contributed by atoms with Gasteiger partial charge in [0.25, 0.3) is 0 Å². The van der Waals surface area contributed by atoms with Crippen molar-refractivity contribution in [3.63, 3.8) is 0 Å². The minimum atomic E-state index is 0.366. The van der Waals surface area contributed by atoms with Crippen LogP contribution in [-0.2, 0) is 6.54 Å². The number of nitrogen functional groups attached to an aromatic ring is 2. The normalized spacial score (nSPS) is 14.4. The Hall–Kier alpha value is -1.86. The van der Waals surface area contributed by atoms with Gasteiger partial charge in [0.05, 0.1) is 0 Å². The average Bonchev–Trinajstić information content (AvgIpc) is 3.21. The van der Waals surface area contributed by atoms with Crippen molar-refractivity contribution in [3.8, 4) is 0 Å². The number of anilines is 2. The van der Waals surface area contributed by atoms with Crippen molar-refractivity contribution in [2.24, 2.45) is 0 Å². The number of hydrogen-bond donors (Lipinski definition) is 3. The van der Waals surface area contributed by atoms with Crippen LogP contribution in [0.1, 0.15) is 18.4 Å². The molecule has 5 N–H and O–H groups in total. The van der Waals surface area contributed by atoms with E-state index in [1.807, 2.05) is 12.3 Å². The van der Waals surface area contributed by atoms with Crippen molar-refractivity contribution in [3.05, 3.63) is 30.0 Å². The molecule has 1 aliphatic rings. The van der Waals surface area contributed by atoms with Crippen molar-refractivity contribution < 1.29 is 0 Å². The second-order valence-corrected chi connectivity index (χ2v) is 5.75. The SMILES string of the molecule is Nc1cc(N)nc(Sc2ccc(CNC3CC3)cn2)n1. The Bertz CT molecular complexity index is 576. The molecular weight excluding hydrogens is 272 g/mol. The molecule has 0 bridgehead atoms. The van der Waals surface area contributed by atoms with Crippen molar-refractivity contribution in [1.82, 2.24) is 20.3 Å². The first kappa shape index (κ1) is 13.1. The largest absolute Gasteiger partial charge is 0.383 e. The van der Waals surface area contributed by atoms with Gasteiger partial charge in [0, 0.05) is 24.8 Å². The number of aromatic nitrogens is 3. The van der Waals surface area contributed by atoms with E-state index in [0.29, 0.717) is 22.8 Å². The molecule has 0 unspecified atom stereocenters. The van der Waals surface area contributed by atoms with Crippen molar-refractivity contribution in [1.29, 1.82) is 0 Å². The quantitative estimate of drug-likeness (QED) is 0.715. The predicted molar refractivity (Wildman–Crippen MR) is 79.1 cm³/mol. The first-order chi connectivity index (χ1) is 9.69. The number of nitrogens with zero attached hydrogens (tertiary/aromatic N) is 3. The molecule has 2 aromatic rings. The summed E-state index contributed by atoms with van der Waals surface area (Å²) in [6.45, 7) is 0.865. The van der Waals surface area contributed by atoms with Gasteiger partial charge in [0.2, 0.25) is 0 Å². The van der Waals surface area contributed by atoms with Crippen LogP contribution in [0.3, 0.4) is 0 Å². The highest BCUT2D eigenvalue weighted by atomic mass is 32.2. The van der Waals surface area contributed by atoms with Crippen LogP contribution >= 0.6 is 11.8 Å². The van der Waals surface area contributed by atoms with Crippen LogP contribution in [0.4, 0.5) is 11.6 Å². The summed E-state index contributed by atoms with van der Waals surface area (Å²) in [6, 6.07) is 6.25. The standard InChI is InChI=1S/C13H16N6S/c14-10-5-11(15)19-13(18-10)20-12-4-1-8(7-17-12)6-16-9-2-3-9/h1,4-5,7,9,16H,2-3,6H2,(H4,14,15,18,19). The van der Waals surface area contributed by atoms with Gasteiger partial charge < -0.3 is 16.8 Å². The van der Waals surface area contributed by atoms with Crippen LogP contribution in [0, 0.1) is 0 Å². The lowest BCUT2D eigenvalue weighted by Gasteiger charge is -2.04. The van der Waals surface area contributed by atoms with Crippen LogP contribution in [0.5, 0.6) is 0 Å². The fraction of sp³-hybridized carbons (Fsp3) is 0.308. The summed E-state index contributed by atoms with van der Waals surface area (Å²) < 4.78 is 0. The molecule has 1 aliphatic carbocycles. The third kappa shape index (κ3) is 3.58. The van der Waals surface area contributed by atoms with E-state index in [9.17, 15) is 0 Å². The summed E-state index contributed by atoms with van der Waals surface area (Å²) in [5.41, 5.74) is 12.5. The number of nitrogens with one attached hydrogen (secondary N) is 1. The maximum absolute atomic E-state index is 5.64. The molecule has 7 heteroatoms. The Morgan fingerprint density at radius 1 is 1.20 bits per heavy atom. The highest BCUT2D eigenvalue weighted by molar-refractivity contribution is 7.99. The molecule has 3 rings (SSSR count). The maximum Gasteiger partial charge on any atom is 0.197 e. The molecule has 104 valence electrons. The van der Waals surface area contributed by atoms with Gasteiger partial charge >= 0.3 is 0 Å². The molecule has 0 aromatic carbocycles. The van der Waals surface area contributed by atoms with Gasteiger partial charge in [0.15, 0.2) is 5.16 Å². The van der Waals surface area contributed by atoms with Crippen LogP contribution in [-0.4, -0.2) is 21.0 Å². The van der Waals surface area contributed by atoms with Gasteiger partial charge in [-0.25, -0.2) is 15.0 Å². The van der Waals surface area contributed by atoms with Crippen molar-refractivity contribution in [2.75, 3.05) is 11.5 Å². The third-order valence-electron chi connectivity index (χ3n) is 2.91. The van der Waals surface area contributed by atoms with Crippen LogP contribution in [0.25, 0.3) is 0 Å². The van der Waals surface area contributed by atoms with Gasteiger partial charge in [-0.15, -0.1) is 0 Å². The van der Waals surface area contributed by atoms with E-state index in [2.05, 4.69) is 26.3 Å². The molecule has 1 saturated carbocycles. The molecular formula is C13H16N6S. The Kier molecular flexibility index (Phi) is 3.70. The van der Waals surface area contributed by atoms with Crippen LogP contribution in [0.15, 0.2) is 34.6 Å². The molecule has 0 atom stereocenters. The zero-order valence-electron chi connectivity index (χ0n) is 10.9. The summed E-state index contributed by atoms with van der Waals surface area (Å²) >= 11 is 1.35. The summed E-state index contributed by atoms with van der Waals surface area (Å²) in [6.07, 6.45) is 4.44. The molecule has 20 heavy (non-hydrogen) atoms. The summed E-state index contributed by atoms with van der Waals surface area (Å²) in [7, 11) is 0. The molecule has 0 spiro atoms. The maximum atomic E-state index is 5.64. The minimum Gasteiger partial charge on any atom is -0.383 e. The molecule has 0 aliphatic heterocycles. The lowest BCUT2D eigenvalue weighted by atomic mass is 10.3. The van der Waals surface area contributed by atoms with E-state index in [-0.39, 0.29) is 0 Å². The molecule has 6 nitrogen and oxygen atoms in total. The Balaban J connectivity index is 1.64. The lowest BCUT2D eigenvalue weighted by Crippen LogP contribution is -2.15. The second-order valence-electron chi connectivity index (χ2n) is 4.76. The van der Waals surface area contributed by atoms with Gasteiger partial charge in [-0.1, -0.05) is 6.07 Å². The van der Waals surface area contributed by atoms with E-state index in [1.165, 1.54) is 36.2 Å². The van der Waals surface area contributed by atoms with Crippen LogP contribution < -0.4 is 16.8 Å². The molecule has 0 radical (unpaired) electrons. The van der Waals surface area contributed by atoms with E-state index in [4.69, 9.17) is 11.5 Å². The number of nitrogens with two attached hydrogens (primary N) is 2. The average molecular weight is 288 g/mol. The summed E-state index contributed by atoms with van der Waals surface area (Å²) in [5.74, 6) is 0.732.